The number of ketones is 2. The van der Waals surface area contributed by atoms with E-state index in [0.29, 0.717) is 24.5 Å². The van der Waals surface area contributed by atoms with Crippen molar-refractivity contribution in [1.29, 1.82) is 0 Å². The lowest BCUT2D eigenvalue weighted by Crippen LogP contribution is -2.21. The van der Waals surface area contributed by atoms with Gasteiger partial charge in [0.05, 0.1) is 0 Å². The van der Waals surface area contributed by atoms with Crippen molar-refractivity contribution in [3.05, 3.63) is 60.3 Å². The fourth-order valence-corrected chi connectivity index (χ4v) is 4.84. The lowest BCUT2D eigenvalue weighted by atomic mass is 9.81. The van der Waals surface area contributed by atoms with E-state index in [9.17, 15) is 9.59 Å². The third-order valence-corrected chi connectivity index (χ3v) is 6.75. The van der Waals surface area contributed by atoms with Gasteiger partial charge in [-0.05, 0) is 68.6 Å². The summed E-state index contributed by atoms with van der Waals surface area (Å²) in [6.07, 6.45) is 26.3. The molecule has 0 aliphatic heterocycles. The van der Waals surface area contributed by atoms with Gasteiger partial charge in [-0.2, -0.15) is 0 Å². The molecule has 2 aliphatic rings. The molecule has 1 saturated carbocycles. The number of hydrogen-bond donors (Lipinski definition) is 0. The van der Waals surface area contributed by atoms with E-state index < -0.39 is 0 Å². The molecule has 0 aromatic heterocycles. The Hall–Kier alpha value is -2.40. The lowest BCUT2D eigenvalue weighted by molar-refractivity contribution is -0.123. The van der Waals surface area contributed by atoms with Gasteiger partial charge < -0.3 is 0 Å². The molecule has 0 unspecified atom stereocenters. The first-order valence-electron chi connectivity index (χ1n) is 11.8. The van der Waals surface area contributed by atoms with Gasteiger partial charge in [0.2, 0.25) is 0 Å². The van der Waals surface area contributed by atoms with Crippen molar-refractivity contribution in [1.82, 2.24) is 0 Å². The van der Waals surface area contributed by atoms with Crippen LogP contribution < -0.4 is 0 Å². The molecule has 2 aliphatic carbocycles. The van der Waals surface area contributed by atoms with Crippen molar-refractivity contribution in [2.24, 2.45) is 17.8 Å². The van der Waals surface area contributed by atoms with Crippen LogP contribution in [0.5, 0.6) is 0 Å². The zero-order valence-corrected chi connectivity index (χ0v) is 19.2. The molecule has 2 rings (SSSR count). The average molecular weight is 419 g/mol. The maximum Gasteiger partial charge on any atom is 0.139 e. The zero-order valence-electron chi connectivity index (χ0n) is 19.2. The third-order valence-electron chi connectivity index (χ3n) is 6.75. The molecule has 2 atom stereocenters. The third kappa shape index (κ3) is 7.66. The standard InChI is InChI=1S/C29H38O2/c1-5-23-14-12-17-27(21-24(6-2)22(4)30)26(20-23)18-13-19-29(31)28(7-3)25-15-10-8-9-11-16-25/h1,6-7,12,17,20,24-25,28H,2-3,8-11,13-16,18-19,21H2,4H3/t24-,28-/m0/s1. The molecule has 166 valence electrons. The van der Waals surface area contributed by atoms with E-state index in [0.717, 1.165) is 48.8 Å². The van der Waals surface area contributed by atoms with E-state index in [1.165, 1.54) is 25.7 Å². The van der Waals surface area contributed by atoms with Gasteiger partial charge in [0.1, 0.15) is 11.6 Å². The number of terminal acetylenes is 1. The van der Waals surface area contributed by atoms with Crippen LogP contribution in [0.4, 0.5) is 0 Å². The Balaban J connectivity index is 2.08. The summed E-state index contributed by atoms with van der Waals surface area (Å²) in [4.78, 5) is 24.9. The number of rotatable bonds is 11. The summed E-state index contributed by atoms with van der Waals surface area (Å²) in [6.45, 7) is 9.41. The van der Waals surface area contributed by atoms with Crippen LogP contribution in [0.15, 0.2) is 60.3 Å². The van der Waals surface area contributed by atoms with Crippen LogP contribution in [0.3, 0.4) is 0 Å². The molecule has 0 aromatic carbocycles. The quantitative estimate of drug-likeness (QED) is 0.204. The van der Waals surface area contributed by atoms with E-state index in [-0.39, 0.29) is 17.6 Å². The van der Waals surface area contributed by atoms with Gasteiger partial charge in [-0.1, -0.05) is 55.9 Å². The molecule has 0 spiro atoms. The Bertz CT molecular complexity index is 791. The summed E-state index contributed by atoms with van der Waals surface area (Å²) in [5.74, 6) is 3.46. The summed E-state index contributed by atoms with van der Waals surface area (Å²) >= 11 is 0. The molecule has 1 fully saturated rings. The van der Waals surface area contributed by atoms with Gasteiger partial charge in [0.15, 0.2) is 0 Å². The molecule has 0 aromatic rings. The smallest absolute Gasteiger partial charge is 0.139 e. The summed E-state index contributed by atoms with van der Waals surface area (Å²) in [7, 11) is 0. The van der Waals surface area contributed by atoms with E-state index >= 15 is 0 Å². The van der Waals surface area contributed by atoms with Crippen molar-refractivity contribution >= 4 is 11.6 Å². The number of carbonyl (C=O) groups excluding carboxylic acids is 2. The fourth-order valence-electron chi connectivity index (χ4n) is 4.84. The van der Waals surface area contributed by atoms with Crippen LogP contribution in [0.1, 0.15) is 77.6 Å². The van der Waals surface area contributed by atoms with Crippen molar-refractivity contribution in [3.8, 4) is 12.3 Å². The first-order chi connectivity index (χ1) is 15.0. The van der Waals surface area contributed by atoms with Crippen molar-refractivity contribution in [3.63, 3.8) is 0 Å². The Kier molecular flexibility index (Phi) is 10.5. The topological polar surface area (TPSA) is 34.1 Å². The molecular weight excluding hydrogens is 380 g/mol. The highest BCUT2D eigenvalue weighted by Crippen LogP contribution is 2.32. The van der Waals surface area contributed by atoms with Crippen LogP contribution in [0.2, 0.25) is 0 Å². The Labute approximate surface area is 189 Å². The normalized spacial score (nSPS) is 19.4. The number of allylic oxidation sites excluding steroid dienone is 8. The highest BCUT2D eigenvalue weighted by Gasteiger charge is 2.26. The Morgan fingerprint density at radius 1 is 1.16 bits per heavy atom. The van der Waals surface area contributed by atoms with Crippen molar-refractivity contribution in [2.75, 3.05) is 0 Å². The summed E-state index contributed by atoms with van der Waals surface area (Å²) in [5, 5.41) is 0. The predicted molar refractivity (Wildman–Crippen MR) is 130 cm³/mol. The van der Waals surface area contributed by atoms with Gasteiger partial charge in [-0.25, -0.2) is 0 Å². The van der Waals surface area contributed by atoms with Crippen molar-refractivity contribution < 1.29 is 9.59 Å². The molecule has 0 radical (unpaired) electrons. The van der Waals surface area contributed by atoms with Crippen LogP contribution >= 0.6 is 0 Å². The number of Topliss-reactive ketones (excluding diaryl/α,β-unsaturated/α-hetero) is 2. The second-order valence-electron chi connectivity index (χ2n) is 8.96. The minimum Gasteiger partial charge on any atom is -0.299 e. The molecule has 0 bridgehead atoms. The second-order valence-corrected chi connectivity index (χ2v) is 8.96. The molecule has 0 heterocycles. The molecule has 2 heteroatoms. The Morgan fingerprint density at radius 3 is 2.45 bits per heavy atom. The van der Waals surface area contributed by atoms with Gasteiger partial charge in [0, 0.05) is 23.8 Å². The first-order valence-corrected chi connectivity index (χ1v) is 11.8. The van der Waals surface area contributed by atoms with Crippen LogP contribution in [0, 0.1) is 30.1 Å². The van der Waals surface area contributed by atoms with E-state index in [1.807, 2.05) is 6.08 Å². The van der Waals surface area contributed by atoms with Crippen LogP contribution in [-0.2, 0) is 9.59 Å². The summed E-state index contributed by atoms with van der Waals surface area (Å²) in [5.41, 5.74) is 3.21. The maximum atomic E-state index is 13.0. The van der Waals surface area contributed by atoms with Crippen LogP contribution in [-0.4, -0.2) is 11.6 Å². The minimum atomic E-state index is -0.197. The van der Waals surface area contributed by atoms with Crippen molar-refractivity contribution in [2.45, 2.75) is 77.6 Å². The second kappa shape index (κ2) is 13.1. The molecule has 0 N–H and O–H groups in total. The SMILES string of the molecule is C#CC1=CC(CCCC(=O)[C@@H](C=C)C2CCCCCC2)=C(C[C@H](C=C)C(C)=O)C=CC1. The fraction of sp³-hybridized carbons (Fsp3) is 0.517. The summed E-state index contributed by atoms with van der Waals surface area (Å²) < 4.78 is 0. The molecule has 2 nitrogen and oxygen atoms in total. The van der Waals surface area contributed by atoms with Crippen LogP contribution in [0.25, 0.3) is 0 Å². The zero-order chi connectivity index (χ0) is 22.6. The molecule has 0 saturated heterocycles. The highest BCUT2D eigenvalue weighted by molar-refractivity contribution is 5.83. The first kappa shape index (κ1) is 24.9. The number of carbonyl (C=O) groups is 2. The van der Waals surface area contributed by atoms with Gasteiger partial charge >= 0.3 is 0 Å². The molecular formula is C29H38O2. The molecule has 31 heavy (non-hydrogen) atoms. The van der Waals surface area contributed by atoms with E-state index in [1.54, 1.807) is 13.0 Å². The van der Waals surface area contributed by atoms with Gasteiger partial charge in [-0.3, -0.25) is 9.59 Å². The van der Waals surface area contributed by atoms with E-state index in [4.69, 9.17) is 6.42 Å². The van der Waals surface area contributed by atoms with Gasteiger partial charge in [-0.15, -0.1) is 19.6 Å². The molecule has 0 amide bonds. The van der Waals surface area contributed by atoms with E-state index in [2.05, 4.69) is 37.3 Å². The monoisotopic (exact) mass is 418 g/mol. The average Bonchev–Trinajstić information content (AvgIpc) is 3.13. The predicted octanol–water partition coefficient (Wildman–Crippen LogP) is 7.10. The highest BCUT2D eigenvalue weighted by atomic mass is 16.1. The maximum absolute atomic E-state index is 13.0. The largest absolute Gasteiger partial charge is 0.299 e. The van der Waals surface area contributed by atoms with Gasteiger partial charge in [0.25, 0.3) is 0 Å². The minimum absolute atomic E-state index is 0.0137. The Morgan fingerprint density at radius 2 is 1.87 bits per heavy atom. The summed E-state index contributed by atoms with van der Waals surface area (Å²) in [6, 6.07) is 0. The lowest BCUT2D eigenvalue weighted by Gasteiger charge is -2.22. The number of hydrogen-bond acceptors (Lipinski definition) is 2.